The van der Waals surface area contributed by atoms with Gasteiger partial charge in [0.15, 0.2) is 11.2 Å². The number of thiazole rings is 1. The van der Waals surface area contributed by atoms with Crippen molar-refractivity contribution in [3.8, 4) is 10.6 Å². The molecule has 3 aliphatic heterocycles. The highest BCUT2D eigenvalue weighted by Gasteiger charge is 2.51. The molecule has 148 valence electrons. The monoisotopic (exact) mass is 410 g/mol. The topological polar surface area (TPSA) is 74.4 Å². The van der Waals surface area contributed by atoms with Crippen LogP contribution in [0.1, 0.15) is 18.9 Å². The van der Waals surface area contributed by atoms with Gasteiger partial charge in [0.2, 0.25) is 0 Å². The largest absolute Gasteiger partial charge is 0.423 e. The molecule has 3 atom stereocenters. The average Bonchev–Trinajstić information content (AvgIpc) is 3.29. The van der Waals surface area contributed by atoms with E-state index in [1.165, 1.54) is 23.5 Å². The second-order valence-electron chi connectivity index (χ2n) is 7.48. The smallest absolute Gasteiger partial charge is 0.421 e. The first-order valence-electron chi connectivity index (χ1n) is 8.87. The number of benzene rings is 1. The molecule has 0 amide bonds. The predicted octanol–water partition coefficient (Wildman–Crippen LogP) is 3.27. The van der Waals surface area contributed by atoms with Crippen molar-refractivity contribution in [1.29, 1.82) is 0 Å². The highest BCUT2D eigenvalue weighted by molar-refractivity contribution is 7.13. The third-order valence-electron chi connectivity index (χ3n) is 5.45. The fourth-order valence-corrected chi connectivity index (χ4v) is 4.44. The minimum absolute atomic E-state index is 0.273. The van der Waals surface area contributed by atoms with Crippen molar-refractivity contribution in [1.82, 2.24) is 15.3 Å². The van der Waals surface area contributed by atoms with Gasteiger partial charge in [-0.2, -0.15) is 18.2 Å². The molecule has 10 heteroatoms. The lowest BCUT2D eigenvalue weighted by molar-refractivity contribution is -0.258. The van der Waals surface area contributed by atoms with E-state index in [0.29, 0.717) is 34.3 Å². The number of piperazine rings is 1. The van der Waals surface area contributed by atoms with Crippen LogP contribution < -0.4 is 10.2 Å². The molecular weight excluding hydrogens is 393 g/mol. The molecule has 0 saturated carbocycles. The van der Waals surface area contributed by atoms with Crippen molar-refractivity contribution in [2.45, 2.75) is 37.2 Å². The van der Waals surface area contributed by atoms with Crippen molar-refractivity contribution in [3.05, 3.63) is 29.3 Å². The van der Waals surface area contributed by atoms with Crippen LogP contribution in [0.25, 0.3) is 21.7 Å². The first-order chi connectivity index (χ1) is 13.2. The minimum atomic E-state index is -4.83. The minimum Gasteiger partial charge on any atom is -0.423 e. The number of alkyl halides is 3. The SMILES string of the molecule is CC(O)(c1cc(-c2nccs2)c2oc(N3CC4CC(C3)N4)nc2c1)C(F)(F)F. The molecule has 6 rings (SSSR count). The number of aliphatic hydroxyl groups is 1. The summed E-state index contributed by atoms with van der Waals surface area (Å²) < 4.78 is 46.2. The van der Waals surface area contributed by atoms with E-state index in [1.807, 2.05) is 4.90 Å². The van der Waals surface area contributed by atoms with Crippen LogP contribution in [0.5, 0.6) is 0 Å². The Hall–Kier alpha value is -2.17. The molecule has 3 saturated heterocycles. The highest BCUT2D eigenvalue weighted by atomic mass is 32.1. The predicted molar refractivity (Wildman–Crippen MR) is 98.3 cm³/mol. The summed E-state index contributed by atoms with van der Waals surface area (Å²) in [6.07, 6.45) is -2.14. The second kappa shape index (κ2) is 5.91. The zero-order valence-electron chi connectivity index (χ0n) is 14.8. The van der Waals surface area contributed by atoms with E-state index in [1.54, 1.807) is 11.6 Å². The summed E-state index contributed by atoms with van der Waals surface area (Å²) in [6, 6.07) is 3.68. The number of hydrogen-bond acceptors (Lipinski definition) is 7. The average molecular weight is 410 g/mol. The Morgan fingerprint density at radius 1 is 1.29 bits per heavy atom. The molecule has 3 unspecified atom stereocenters. The van der Waals surface area contributed by atoms with Gasteiger partial charge in [-0.15, -0.1) is 11.3 Å². The molecule has 2 aromatic heterocycles. The Balaban J connectivity index is 1.65. The van der Waals surface area contributed by atoms with Crippen molar-refractivity contribution >= 4 is 28.5 Å². The number of halogens is 3. The Bertz CT molecular complexity index is 1020. The van der Waals surface area contributed by atoms with E-state index in [9.17, 15) is 18.3 Å². The molecule has 3 aromatic rings. The summed E-state index contributed by atoms with van der Waals surface area (Å²) in [5, 5.41) is 15.8. The van der Waals surface area contributed by atoms with Crippen LogP contribution in [0, 0.1) is 0 Å². The fraction of sp³-hybridized carbons (Fsp3) is 0.444. The number of oxazole rings is 1. The number of hydrogen-bond donors (Lipinski definition) is 2. The summed E-state index contributed by atoms with van der Waals surface area (Å²) in [6.45, 7) is 2.22. The van der Waals surface area contributed by atoms with E-state index in [-0.39, 0.29) is 11.1 Å². The maximum atomic E-state index is 13.4. The number of nitrogens with one attached hydrogen (secondary N) is 1. The van der Waals surface area contributed by atoms with Crippen molar-refractivity contribution in [2.75, 3.05) is 18.0 Å². The number of piperidine rings is 1. The highest BCUT2D eigenvalue weighted by Crippen LogP contribution is 2.43. The molecule has 1 aromatic carbocycles. The quantitative estimate of drug-likeness (QED) is 0.691. The Morgan fingerprint density at radius 2 is 2.00 bits per heavy atom. The van der Waals surface area contributed by atoms with Gasteiger partial charge in [0, 0.05) is 36.8 Å². The summed E-state index contributed by atoms with van der Waals surface area (Å²) in [7, 11) is 0. The van der Waals surface area contributed by atoms with E-state index < -0.39 is 11.8 Å². The van der Waals surface area contributed by atoms with Crippen LogP contribution in [0.15, 0.2) is 28.1 Å². The summed E-state index contributed by atoms with van der Waals surface area (Å²) in [5.41, 5.74) is -2.26. The zero-order valence-corrected chi connectivity index (χ0v) is 15.6. The fourth-order valence-electron chi connectivity index (χ4n) is 3.79. The second-order valence-corrected chi connectivity index (χ2v) is 8.37. The van der Waals surface area contributed by atoms with Gasteiger partial charge in [0.1, 0.15) is 10.5 Å². The lowest BCUT2D eigenvalue weighted by Crippen LogP contribution is -2.67. The van der Waals surface area contributed by atoms with Crippen LogP contribution in [-0.2, 0) is 5.60 Å². The van der Waals surface area contributed by atoms with Crippen LogP contribution in [0.4, 0.5) is 19.2 Å². The van der Waals surface area contributed by atoms with Gasteiger partial charge < -0.3 is 19.7 Å². The molecule has 28 heavy (non-hydrogen) atoms. The first kappa shape index (κ1) is 17.9. The van der Waals surface area contributed by atoms with Crippen LogP contribution in [0.2, 0.25) is 0 Å². The van der Waals surface area contributed by atoms with Gasteiger partial charge in [-0.3, -0.25) is 0 Å². The van der Waals surface area contributed by atoms with Crippen molar-refractivity contribution in [2.24, 2.45) is 0 Å². The number of rotatable bonds is 3. The van der Waals surface area contributed by atoms with Crippen LogP contribution >= 0.6 is 11.3 Å². The lowest BCUT2D eigenvalue weighted by Gasteiger charge is -2.47. The maximum Gasteiger partial charge on any atom is 0.421 e. The Morgan fingerprint density at radius 3 is 2.61 bits per heavy atom. The van der Waals surface area contributed by atoms with Gasteiger partial charge >= 0.3 is 6.18 Å². The number of anilines is 1. The summed E-state index contributed by atoms with van der Waals surface area (Å²) >= 11 is 1.28. The third kappa shape index (κ3) is 2.70. The van der Waals surface area contributed by atoms with Crippen molar-refractivity contribution < 1.29 is 22.7 Å². The molecule has 2 N–H and O–H groups in total. The number of aromatic nitrogens is 2. The molecular formula is C18H17F3N4O2S. The summed E-state index contributed by atoms with van der Waals surface area (Å²) in [5.74, 6) is 0. The Labute approximate surface area is 162 Å². The molecule has 3 fully saturated rings. The zero-order chi connectivity index (χ0) is 19.7. The van der Waals surface area contributed by atoms with Crippen LogP contribution in [-0.4, -0.2) is 46.4 Å². The van der Waals surface area contributed by atoms with E-state index >= 15 is 0 Å². The van der Waals surface area contributed by atoms with E-state index in [2.05, 4.69) is 15.3 Å². The molecule has 0 spiro atoms. The Kier molecular flexibility index (Phi) is 3.78. The number of fused-ring (bicyclic) bond motifs is 3. The third-order valence-corrected chi connectivity index (χ3v) is 6.25. The van der Waals surface area contributed by atoms with Gasteiger partial charge in [-0.25, -0.2) is 4.98 Å². The molecule has 5 heterocycles. The lowest BCUT2D eigenvalue weighted by atomic mass is 9.92. The van der Waals surface area contributed by atoms with Crippen LogP contribution in [0.3, 0.4) is 0 Å². The molecule has 2 bridgehead atoms. The maximum absolute atomic E-state index is 13.4. The van der Waals surface area contributed by atoms with Gasteiger partial charge in [-0.05, 0) is 31.0 Å². The normalized spacial score (nSPS) is 24.2. The molecule has 3 aliphatic rings. The number of nitrogens with zero attached hydrogens (tertiary/aromatic N) is 3. The summed E-state index contributed by atoms with van der Waals surface area (Å²) in [4.78, 5) is 10.7. The molecule has 6 nitrogen and oxygen atoms in total. The molecule has 0 radical (unpaired) electrons. The van der Waals surface area contributed by atoms with E-state index in [0.717, 1.165) is 26.4 Å². The van der Waals surface area contributed by atoms with Crippen molar-refractivity contribution in [3.63, 3.8) is 0 Å². The first-order valence-corrected chi connectivity index (χ1v) is 9.75. The van der Waals surface area contributed by atoms with Gasteiger partial charge in [-0.1, -0.05) is 0 Å². The standard InChI is InChI=1S/C18H17F3N4O2S/c1-17(26,18(19,20)21)9-4-12(15-22-2-3-28-15)14-13(5-9)24-16(27-14)25-7-10-6-11(8-25)23-10/h2-5,10-11,23,26H,6-8H2,1H3. The van der Waals surface area contributed by atoms with Gasteiger partial charge in [0.25, 0.3) is 6.01 Å². The van der Waals surface area contributed by atoms with Gasteiger partial charge in [0.05, 0.1) is 5.56 Å². The molecule has 0 aliphatic carbocycles. The van der Waals surface area contributed by atoms with E-state index in [4.69, 9.17) is 4.42 Å².